The van der Waals surface area contributed by atoms with E-state index in [0.29, 0.717) is 0 Å². The van der Waals surface area contributed by atoms with Crippen molar-refractivity contribution in [3.63, 3.8) is 0 Å². The van der Waals surface area contributed by atoms with Crippen LogP contribution in [0, 0.1) is 0 Å². The van der Waals surface area contributed by atoms with Crippen LogP contribution in [0.25, 0.3) is 0 Å². The molecule has 0 saturated carbocycles. The van der Waals surface area contributed by atoms with E-state index >= 15 is 0 Å². The average Bonchev–Trinajstić information content (AvgIpc) is 2.60. The maximum absolute atomic E-state index is 12.0. The fourth-order valence-corrected chi connectivity index (χ4v) is 2.91. The van der Waals surface area contributed by atoms with Crippen LogP contribution in [0.4, 0.5) is 5.95 Å². The smallest absolute Gasteiger partial charge is 0.246 e. The Balaban J connectivity index is 2.28. The molecule has 0 radical (unpaired) electrons. The van der Waals surface area contributed by atoms with Gasteiger partial charge in [-0.05, 0) is 0 Å². The maximum Gasteiger partial charge on any atom is 0.246 e. The van der Waals surface area contributed by atoms with E-state index in [-0.39, 0.29) is 23.9 Å². The van der Waals surface area contributed by atoms with E-state index in [4.69, 9.17) is 5.73 Å². The summed E-state index contributed by atoms with van der Waals surface area (Å²) in [7, 11) is -3.79. The number of nitrogens with two attached hydrogens (primary N) is 1. The number of aliphatic hydroxyl groups excluding tert-OH is 2. The molecule has 0 bridgehead atoms. The Morgan fingerprint density at radius 1 is 1.24 bits per heavy atom. The van der Waals surface area contributed by atoms with Gasteiger partial charge in [0.2, 0.25) is 16.0 Å². The van der Waals surface area contributed by atoms with Crippen molar-refractivity contribution >= 4 is 16.0 Å². The van der Waals surface area contributed by atoms with Gasteiger partial charge >= 0.3 is 0 Å². The zero-order valence-electron chi connectivity index (χ0n) is 8.76. The number of hydrogen-bond donors (Lipinski definition) is 3. The number of aliphatic hydroxyl groups is 2. The summed E-state index contributed by atoms with van der Waals surface area (Å²) < 4.78 is 25.0. The van der Waals surface area contributed by atoms with Crippen molar-refractivity contribution in [3.05, 3.63) is 12.4 Å². The lowest BCUT2D eigenvalue weighted by Crippen LogP contribution is -2.30. The van der Waals surface area contributed by atoms with Crippen LogP contribution in [0.15, 0.2) is 17.3 Å². The predicted octanol–water partition coefficient (Wildman–Crippen LogP) is -2.22. The number of rotatable bonds is 2. The Morgan fingerprint density at radius 2 is 1.71 bits per heavy atom. The van der Waals surface area contributed by atoms with Gasteiger partial charge in [0.25, 0.3) is 0 Å². The summed E-state index contributed by atoms with van der Waals surface area (Å²) in [5, 5.41) is 18.6. The lowest BCUT2D eigenvalue weighted by Gasteiger charge is -2.14. The summed E-state index contributed by atoms with van der Waals surface area (Å²) in [6.45, 7) is -0.290. The SMILES string of the molecule is Nc1ncc(S(=O)(=O)N2CC(O)C(O)C2)cn1. The van der Waals surface area contributed by atoms with Crippen LogP contribution < -0.4 is 5.73 Å². The zero-order valence-corrected chi connectivity index (χ0v) is 9.58. The molecule has 1 fully saturated rings. The van der Waals surface area contributed by atoms with E-state index in [1.54, 1.807) is 0 Å². The molecule has 0 amide bonds. The monoisotopic (exact) mass is 260 g/mol. The molecule has 2 rings (SSSR count). The topological polar surface area (TPSA) is 130 Å². The molecule has 1 aliphatic rings. The van der Waals surface area contributed by atoms with Crippen molar-refractivity contribution in [2.24, 2.45) is 0 Å². The number of nitrogen functional groups attached to an aromatic ring is 1. The molecule has 1 saturated heterocycles. The summed E-state index contributed by atoms with van der Waals surface area (Å²) >= 11 is 0. The van der Waals surface area contributed by atoms with Crippen LogP contribution >= 0.6 is 0 Å². The van der Waals surface area contributed by atoms with Gasteiger partial charge in [-0.3, -0.25) is 0 Å². The highest BCUT2D eigenvalue weighted by atomic mass is 32.2. The Morgan fingerprint density at radius 3 is 2.18 bits per heavy atom. The van der Waals surface area contributed by atoms with Crippen LogP contribution in [0.3, 0.4) is 0 Å². The summed E-state index contributed by atoms with van der Waals surface area (Å²) in [5.74, 6) is -0.0227. The Hall–Kier alpha value is -1.29. The number of nitrogens with zero attached hydrogens (tertiary/aromatic N) is 3. The lowest BCUT2D eigenvalue weighted by atomic mass is 10.3. The first-order chi connectivity index (χ1) is 7.91. The third-order valence-corrected chi connectivity index (χ3v) is 4.30. The molecular weight excluding hydrogens is 248 g/mol. The fraction of sp³-hybridized carbons (Fsp3) is 0.500. The van der Waals surface area contributed by atoms with Crippen molar-refractivity contribution in [2.75, 3.05) is 18.8 Å². The van der Waals surface area contributed by atoms with E-state index in [0.717, 1.165) is 16.7 Å². The Kier molecular flexibility index (Phi) is 3.00. The number of β-amino-alcohol motifs (C(OH)–C–C–N with tert-alkyl or cyclic N) is 2. The molecule has 1 aromatic heterocycles. The molecule has 4 N–H and O–H groups in total. The highest BCUT2D eigenvalue weighted by molar-refractivity contribution is 7.89. The van der Waals surface area contributed by atoms with Crippen molar-refractivity contribution in [3.8, 4) is 0 Å². The molecule has 8 nitrogen and oxygen atoms in total. The average molecular weight is 260 g/mol. The van der Waals surface area contributed by atoms with Crippen LogP contribution in [-0.4, -0.2) is 58.2 Å². The van der Waals surface area contributed by atoms with Gasteiger partial charge in [0.05, 0.1) is 24.6 Å². The highest BCUT2D eigenvalue weighted by Crippen LogP contribution is 2.20. The fourth-order valence-electron chi connectivity index (χ4n) is 1.54. The van der Waals surface area contributed by atoms with Gasteiger partial charge in [0.15, 0.2) is 0 Å². The number of anilines is 1. The van der Waals surface area contributed by atoms with Crippen LogP contribution in [-0.2, 0) is 10.0 Å². The summed E-state index contributed by atoms with van der Waals surface area (Å²) in [5.41, 5.74) is 5.26. The van der Waals surface area contributed by atoms with Gasteiger partial charge in [-0.1, -0.05) is 0 Å². The van der Waals surface area contributed by atoms with Crippen molar-refractivity contribution in [1.29, 1.82) is 0 Å². The third kappa shape index (κ3) is 2.22. The molecule has 2 unspecified atom stereocenters. The van der Waals surface area contributed by atoms with E-state index < -0.39 is 22.2 Å². The van der Waals surface area contributed by atoms with Gasteiger partial charge in [0, 0.05) is 13.1 Å². The summed E-state index contributed by atoms with van der Waals surface area (Å²) in [6.07, 6.45) is 0.0442. The molecule has 94 valence electrons. The third-order valence-electron chi connectivity index (χ3n) is 2.51. The molecule has 1 aliphatic heterocycles. The second-order valence-electron chi connectivity index (χ2n) is 3.73. The minimum Gasteiger partial charge on any atom is -0.389 e. The second kappa shape index (κ2) is 4.18. The largest absolute Gasteiger partial charge is 0.389 e. The molecule has 2 atom stereocenters. The van der Waals surface area contributed by atoms with Gasteiger partial charge in [-0.2, -0.15) is 4.31 Å². The molecule has 0 aliphatic carbocycles. The summed E-state index contributed by atoms with van der Waals surface area (Å²) in [6, 6.07) is 0. The van der Waals surface area contributed by atoms with Gasteiger partial charge in [-0.15, -0.1) is 0 Å². The van der Waals surface area contributed by atoms with Crippen molar-refractivity contribution < 1.29 is 18.6 Å². The van der Waals surface area contributed by atoms with Crippen molar-refractivity contribution in [1.82, 2.24) is 14.3 Å². The molecule has 2 heterocycles. The second-order valence-corrected chi connectivity index (χ2v) is 5.67. The number of hydrogen-bond acceptors (Lipinski definition) is 7. The van der Waals surface area contributed by atoms with E-state index in [1.165, 1.54) is 0 Å². The van der Waals surface area contributed by atoms with Crippen LogP contribution in [0.1, 0.15) is 0 Å². The quantitative estimate of drug-likeness (QED) is 0.549. The van der Waals surface area contributed by atoms with E-state index in [9.17, 15) is 18.6 Å². The highest BCUT2D eigenvalue weighted by Gasteiger charge is 2.37. The normalized spacial score (nSPS) is 26.2. The molecular formula is C8H12N4O4S. The first-order valence-electron chi connectivity index (χ1n) is 4.85. The Bertz CT molecular complexity index is 493. The maximum atomic E-state index is 12.0. The Labute approximate surface area is 97.8 Å². The minimum atomic E-state index is -3.79. The number of aromatic nitrogens is 2. The molecule has 0 aromatic carbocycles. The molecule has 0 spiro atoms. The lowest BCUT2D eigenvalue weighted by molar-refractivity contribution is 0.0572. The van der Waals surface area contributed by atoms with E-state index in [1.807, 2.05) is 0 Å². The first-order valence-corrected chi connectivity index (χ1v) is 6.29. The molecule has 1 aromatic rings. The van der Waals surface area contributed by atoms with Gasteiger partial charge in [-0.25, -0.2) is 18.4 Å². The zero-order chi connectivity index (χ0) is 12.6. The van der Waals surface area contributed by atoms with Crippen molar-refractivity contribution in [2.45, 2.75) is 17.1 Å². The predicted molar refractivity (Wildman–Crippen MR) is 57.2 cm³/mol. The van der Waals surface area contributed by atoms with E-state index in [2.05, 4.69) is 9.97 Å². The molecule has 17 heavy (non-hydrogen) atoms. The van der Waals surface area contributed by atoms with Gasteiger partial charge < -0.3 is 15.9 Å². The minimum absolute atomic E-state index is 0.0227. The van der Waals surface area contributed by atoms with Crippen LogP contribution in [0.2, 0.25) is 0 Å². The standard InChI is InChI=1S/C8H12N4O4S/c9-8-10-1-5(2-11-8)17(15,16)12-3-6(13)7(14)4-12/h1-2,6-7,13-14H,3-4H2,(H2,9,10,11). The first kappa shape index (κ1) is 12.2. The molecule has 9 heteroatoms. The van der Waals surface area contributed by atoms with Crippen LogP contribution in [0.5, 0.6) is 0 Å². The summed E-state index contributed by atoms with van der Waals surface area (Å²) in [4.78, 5) is 7.06. The van der Waals surface area contributed by atoms with Gasteiger partial charge in [0.1, 0.15) is 4.90 Å². The number of sulfonamides is 1.